The van der Waals surface area contributed by atoms with E-state index in [0.29, 0.717) is 6.54 Å². The fraction of sp³-hybridized carbons (Fsp3) is 0.583. The molecule has 0 aliphatic carbocycles. The van der Waals surface area contributed by atoms with E-state index >= 15 is 0 Å². The molecule has 1 N–H and O–H groups in total. The highest BCUT2D eigenvalue weighted by atomic mass is 16.3. The van der Waals surface area contributed by atoms with Crippen LogP contribution in [0.3, 0.4) is 0 Å². The third-order valence-corrected chi connectivity index (χ3v) is 2.13. The molecule has 1 heterocycles. The van der Waals surface area contributed by atoms with Crippen molar-refractivity contribution >= 4 is 0 Å². The third-order valence-electron chi connectivity index (χ3n) is 2.13. The molecule has 0 amide bonds. The summed E-state index contributed by atoms with van der Waals surface area (Å²) >= 11 is 0. The SMILES string of the molecule is CN(CCc1ccccn1)CC(C)(C)O. The summed E-state index contributed by atoms with van der Waals surface area (Å²) in [6.45, 7) is 5.25. The Morgan fingerprint density at radius 3 is 2.67 bits per heavy atom. The Kier molecular flexibility index (Phi) is 4.24. The lowest BCUT2D eigenvalue weighted by Crippen LogP contribution is -2.37. The molecule has 0 aromatic carbocycles. The van der Waals surface area contributed by atoms with Crippen LogP contribution in [0.15, 0.2) is 24.4 Å². The van der Waals surface area contributed by atoms with Gasteiger partial charge in [0.25, 0.3) is 0 Å². The highest BCUT2D eigenvalue weighted by Gasteiger charge is 2.15. The maximum atomic E-state index is 9.63. The molecule has 3 heteroatoms. The maximum absolute atomic E-state index is 9.63. The minimum absolute atomic E-state index is 0.626. The van der Waals surface area contributed by atoms with Gasteiger partial charge < -0.3 is 10.0 Å². The van der Waals surface area contributed by atoms with Crippen LogP contribution < -0.4 is 0 Å². The Morgan fingerprint density at radius 2 is 2.13 bits per heavy atom. The second kappa shape index (κ2) is 5.24. The number of hydrogen-bond donors (Lipinski definition) is 1. The molecule has 84 valence electrons. The number of aromatic nitrogens is 1. The summed E-state index contributed by atoms with van der Waals surface area (Å²) in [6, 6.07) is 5.94. The Balaban J connectivity index is 2.32. The topological polar surface area (TPSA) is 36.4 Å². The molecule has 3 nitrogen and oxygen atoms in total. The number of rotatable bonds is 5. The fourth-order valence-corrected chi connectivity index (χ4v) is 1.59. The molecule has 0 bridgehead atoms. The van der Waals surface area contributed by atoms with Crippen LogP contribution in [0, 0.1) is 0 Å². The molecule has 0 atom stereocenters. The Bertz CT molecular complexity index is 279. The second-order valence-electron chi connectivity index (χ2n) is 4.62. The van der Waals surface area contributed by atoms with Crippen LogP contribution in [0.5, 0.6) is 0 Å². The highest BCUT2D eigenvalue weighted by Crippen LogP contribution is 2.04. The quantitative estimate of drug-likeness (QED) is 0.793. The van der Waals surface area contributed by atoms with Crippen LogP contribution in [-0.4, -0.2) is 40.7 Å². The molecular formula is C12H20N2O. The Hall–Kier alpha value is -0.930. The molecule has 0 fully saturated rings. The van der Waals surface area contributed by atoms with Crippen molar-refractivity contribution in [2.45, 2.75) is 25.9 Å². The van der Waals surface area contributed by atoms with Gasteiger partial charge in [-0.15, -0.1) is 0 Å². The summed E-state index contributed by atoms with van der Waals surface area (Å²) in [4.78, 5) is 6.38. The van der Waals surface area contributed by atoms with Gasteiger partial charge in [0, 0.05) is 31.4 Å². The summed E-state index contributed by atoms with van der Waals surface area (Å²) < 4.78 is 0. The van der Waals surface area contributed by atoms with Crippen LogP contribution in [0.4, 0.5) is 0 Å². The number of hydrogen-bond acceptors (Lipinski definition) is 3. The van der Waals surface area contributed by atoms with E-state index in [1.165, 1.54) is 0 Å². The standard InChI is InChI=1S/C12H20N2O/c1-12(2,15)10-14(3)9-7-11-6-4-5-8-13-11/h4-6,8,15H,7,9-10H2,1-3H3. The summed E-state index contributed by atoms with van der Waals surface area (Å²) in [5.41, 5.74) is 0.471. The lowest BCUT2D eigenvalue weighted by Gasteiger charge is -2.25. The van der Waals surface area contributed by atoms with E-state index in [1.807, 2.05) is 45.3 Å². The van der Waals surface area contributed by atoms with Gasteiger partial charge in [-0.25, -0.2) is 0 Å². The Labute approximate surface area is 91.8 Å². The van der Waals surface area contributed by atoms with Crippen LogP contribution in [-0.2, 0) is 6.42 Å². The molecule has 0 aliphatic heterocycles. The molecule has 1 aromatic rings. The smallest absolute Gasteiger partial charge is 0.0718 e. The molecule has 0 spiro atoms. The van der Waals surface area contributed by atoms with E-state index in [9.17, 15) is 5.11 Å². The van der Waals surface area contributed by atoms with Crippen molar-refractivity contribution in [1.82, 2.24) is 9.88 Å². The van der Waals surface area contributed by atoms with E-state index in [4.69, 9.17) is 0 Å². The van der Waals surface area contributed by atoms with Crippen molar-refractivity contribution in [2.24, 2.45) is 0 Å². The molecule has 1 aromatic heterocycles. The summed E-state index contributed by atoms with van der Waals surface area (Å²) in [6.07, 6.45) is 2.73. The molecule has 0 unspecified atom stereocenters. The largest absolute Gasteiger partial charge is 0.389 e. The van der Waals surface area contributed by atoms with Crippen molar-refractivity contribution in [3.05, 3.63) is 30.1 Å². The van der Waals surface area contributed by atoms with Crippen LogP contribution in [0.2, 0.25) is 0 Å². The first kappa shape index (κ1) is 12.1. The normalized spacial score (nSPS) is 12.1. The van der Waals surface area contributed by atoms with E-state index in [2.05, 4.69) is 9.88 Å². The predicted octanol–water partition coefficient (Wildman–Crippen LogP) is 1.33. The van der Waals surface area contributed by atoms with Crippen molar-refractivity contribution in [2.75, 3.05) is 20.1 Å². The van der Waals surface area contributed by atoms with Gasteiger partial charge in [-0.2, -0.15) is 0 Å². The summed E-state index contributed by atoms with van der Waals surface area (Å²) in [5.74, 6) is 0. The van der Waals surface area contributed by atoms with Gasteiger partial charge in [0.05, 0.1) is 5.60 Å². The van der Waals surface area contributed by atoms with E-state index in [-0.39, 0.29) is 0 Å². The molecule has 0 aliphatic rings. The minimum Gasteiger partial charge on any atom is -0.389 e. The lowest BCUT2D eigenvalue weighted by molar-refractivity contribution is 0.0449. The van der Waals surface area contributed by atoms with Crippen molar-refractivity contribution in [1.29, 1.82) is 0 Å². The molecule has 0 saturated carbocycles. The van der Waals surface area contributed by atoms with Crippen molar-refractivity contribution in [3.8, 4) is 0 Å². The molecule has 0 radical (unpaired) electrons. The third kappa shape index (κ3) is 5.50. The zero-order valence-electron chi connectivity index (χ0n) is 9.77. The molecule has 1 rings (SSSR count). The number of likely N-dealkylation sites (N-methyl/N-ethyl adjacent to an activating group) is 1. The monoisotopic (exact) mass is 208 g/mol. The number of aliphatic hydroxyl groups is 1. The number of nitrogens with zero attached hydrogens (tertiary/aromatic N) is 2. The van der Waals surface area contributed by atoms with E-state index in [1.54, 1.807) is 0 Å². The van der Waals surface area contributed by atoms with Crippen LogP contribution in [0.25, 0.3) is 0 Å². The van der Waals surface area contributed by atoms with Gasteiger partial charge in [-0.3, -0.25) is 4.98 Å². The summed E-state index contributed by atoms with van der Waals surface area (Å²) in [7, 11) is 2.01. The summed E-state index contributed by atoms with van der Waals surface area (Å²) in [5, 5.41) is 9.63. The molecule has 0 saturated heterocycles. The maximum Gasteiger partial charge on any atom is 0.0718 e. The predicted molar refractivity (Wildman–Crippen MR) is 61.7 cm³/mol. The number of pyridine rings is 1. The van der Waals surface area contributed by atoms with Crippen molar-refractivity contribution < 1.29 is 5.11 Å². The first-order valence-corrected chi connectivity index (χ1v) is 5.28. The zero-order valence-corrected chi connectivity index (χ0v) is 9.77. The zero-order chi connectivity index (χ0) is 11.3. The van der Waals surface area contributed by atoms with E-state index < -0.39 is 5.60 Å². The average Bonchev–Trinajstić information content (AvgIpc) is 2.14. The van der Waals surface area contributed by atoms with Gasteiger partial charge in [-0.1, -0.05) is 6.07 Å². The highest BCUT2D eigenvalue weighted by molar-refractivity contribution is 5.03. The second-order valence-corrected chi connectivity index (χ2v) is 4.62. The van der Waals surface area contributed by atoms with Gasteiger partial charge in [0.15, 0.2) is 0 Å². The Morgan fingerprint density at radius 1 is 1.40 bits per heavy atom. The molecular weight excluding hydrogens is 188 g/mol. The first-order chi connectivity index (χ1) is 6.97. The van der Waals surface area contributed by atoms with Crippen LogP contribution in [0.1, 0.15) is 19.5 Å². The first-order valence-electron chi connectivity index (χ1n) is 5.28. The van der Waals surface area contributed by atoms with Gasteiger partial charge >= 0.3 is 0 Å². The molecule has 15 heavy (non-hydrogen) atoms. The van der Waals surface area contributed by atoms with Crippen LogP contribution >= 0.6 is 0 Å². The minimum atomic E-state index is -0.626. The van der Waals surface area contributed by atoms with Gasteiger partial charge in [-0.05, 0) is 33.0 Å². The van der Waals surface area contributed by atoms with E-state index in [0.717, 1.165) is 18.7 Å². The van der Waals surface area contributed by atoms with Gasteiger partial charge in [0.1, 0.15) is 0 Å². The van der Waals surface area contributed by atoms with Gasteiger partial charge in [0.2, 0.25) is 0 Å². The lowest BCUT2D eigenvalue weighted by atomic mass is 10.1. The van der Waals surface area contributed by atoms with Crippen molar-refractivity contribution in [3.63, 3.8) is 0 Å². The average molecular weight is 208 g/mol. The fourth-order valence-electron chi connectivity index (χ4n) is 1.59.